The molecule has 0 amide bonds. The Balaban J connectivity index is 2.33. The first-order valence-corrected chi connectivity index (χ1v) is 8.00. The smallest absolute Gasteiger partial charge is 0.0702 e. The lowest BCUT2D eigenvalue weighted by Gasteiger charge is -2.38. The minimum Gasteiger partial charge on any atom is -0.377 e. The first-order valence-electron chi connectivity index (χ1n) is 8.00. The molecular formula is C16H34N2O. The fourth-order valence-electron chi connectivity index (χ4n) is 2.72. The first-order chi connectivity index (χ1) is 8.93. The molecule has 1 N–H and O–H groups in total. The maximum atomic E-state index is 5.92. The van der Waals surface area contributed by atoms with Gasteiger partial charge in [-0.3, -0.25) is 0 Å². The van der Waals surface area contributed by atoms with Gasteiger partial charge in [-0.15, -0.1) is 0 Å². The normalized spacial score (nSPS) is 22.1. The zero-order valence-corrected chi connectivity index (χ0v) is 13.7. The second-order valence-electron chi connectivity index (χ2n) is 7.07. The summed E-state index contributed by atoms with van der Waals surface area (Å²) in [6.45, 7) is 16.8. The third-order valence-corrected chi connectivity index (χ3v) is 3.66. The summed E-state index contributed by atoms with van der Waals surface area (Å²) in [6, 6.07) is 0.571. The quantitative estimate of drug-likeness (QED) is 0.734. The van der Waals surface area contributed by atoms with Crippen molar-refractivity contribution in [3.8, 4) is 0 Å². The molecule has 0 aromatic rings. The highest BCUT2D eigenvalue weighted by Crippen LogP contribution is 2.21. The average Bonchev–Trinajstić information content (AvgIpc) is 2.34. The second kappa shape index (κ2) is 8.23. The summed E-state index contributed by atoms with van der Waals surface area (Å²) in [5.41, 5.74) is 0.330. The summed E-state index contributed by atoms with van der Waals surface area (Å²) in [7, 11) is 0. The molecular weight excluding hydrogens is 236 g/mol. The summed E-state index contributed by atoms with van der Waals surface area (Å²) >= 11 is 0. The van der Waals surface area contributed by atoms with Crippen LogP contribution in [0.5, 0.6) is 0 Å². The van der Waals surface area contributed by atoms with Gasteiger partial charge in [0.2, 0.25) is 0 Å². The summed E-state index contributed by atoms with van der Waals surface area (Å²) < 4.78 is 5.92. The highest BCUT2D eigenvalue weighted by Gasteiger charge is 2.26. The highest BCUT2D eigenvalue weighted by atomic mass is 16.5. The van der Waals surface area contributed by atoms with Crippen molar-refractivity contribution in [1.29, 1.82) is 0 Å². The van der Waals surface area contributed by atoms with Crippen LogP contribution in [-0.2, 0) is 4.74 Å². The number of hydrogen-bond acceptors (Lipinski definition) is 3. The van der Waals surface area contributed by atoms with Gasteiger partial charge in [0.25, 0.3) is 0 Å². The van der Waals surface area contributed by atoms with Gasteiger partial charge in [-0.05, 0) is 31.2 Å². The number of piperidine rings is 1. The molecule has 0 radical (unpaired) electrons. The fraction of sp³-hybridized carbons (Fsp3) is 1.00. The molecule has 0 aromatic heterocycles. The maximum Gasteiger partial charge on any atom is 0.0702 e. The average molecular weight is 270 g/mol. The van der Waals surface area contributed by atoms with E-state index in [0.29, 0.717) is 17.6 Å². The van der Waals surface area contributed by atoms with Crippen molar-refractivity contribution >= 4 is 0 Å². The minimum atomic E-state index is 0.330. The van der Waals surface area contributed by atoms with E-state index < -0.39 is 0 Å². The maximum absolute atomic E-state index is 5.92. The lowest BCUT2D eigenvalue weighted by atomic mass is 9.91. The van der Waals surface area contributed by atoms with Crippen LogP contribution < -0.4 is 5.32 Å². The molecule has 1 unspecified atom stereocenters. The van der Waals surface area contributed by atoms with Crippen LogP contribution in [0.25, 0.3) is 0 Å². The molecule has 0 saturated carbocycles. The van der Waals surface area contributed by atoms with Crippen LogP contribution in [0.15, 0.2) is 0 Å². The molecule has 1 aliphatic heterocycles. The molecule has 0 aliphatic carbocycles. The molecule has 0 aromatic carbocycles. The molecule has 1 fully saturated rings. The van der Waals surface area contributed by atoms with Crippen molar-refractivity contribution < 1.29 is 4.74 Å². The number of hydrogen-bond donors (Lipinski definition) is 1. The molecule has 0 spiro atoms. The van der Waals surface area contributed by atoms with Gasteiger partial charge in [0.1, 0.15) is 0 Å². The molecule has 1 atom stereocenters. The van der Waals surface area contributed by atoms with E-state index >= 15 is 0 Å². The number of likely N-dealkylation sites (tertiary alicyclic amines) is 1. The molecule has 1 rings (SSSR count). The van der Waals surface area contributed by atoms with E-state index in [0.717, 1.165) is 26.1 Å². The number of ether oxygens (including phenoxy) is 1. The predicted octanol–water partition coefficient (Wildman–Crippen LogP) is 2.90. The van der Waals surface area contributed by atoms with Gasteiger partial charge < -0.3 is 15.0 Å². The lowest BCUT2D eigenvalue weighted by Crippen LogP contribution is -2.47. The van der Waals surface area contributed by atoms with Crippen molar-refractivity contribution in [3.63, 3.8) is 0 Å². The van der Waals surface area contributed by atoms with Crippen molar-refractivity contribution in [1.82, 2.24) is 10.2 Å². The van der Waals surface area contributed by atoms with E-state index in [-0.39, 0.29) is 0 Å². The summed E-state index contributed by atoms with van der Waals surface area (Å²) in [5, 5.41) is 3.56. The van der Waals surface area contributed by atoms with E-state index in [1.54, 1.807) is 0 Å². The Labute approximate surface area is 120 Å². The Morgan fingerprint density at radius 3 is 2.74 bits per heavy atom. The molecule has 114 valence electrons. The molecule has 1 heterocycles. The topological polar surface area (TPSA) is 24.5 Å². The second-order valence-corrected chi connectivity index (χ2v) is 7.07. The van der Waals surface area contributed by atoms with Crippen molar-refractivity contribution in [2.45, 2.75) is 66.0 Å². The molecule has 0 bridgehead atoms. The Kier molecular flexibility index (Phi) is 7.33. The molecule has 3 nitrogen and oxygen atoms in total. The van der Waals surface area contributed by atoms with Gasteiger partial charge in [-0.25, -0.2) is 0 Å². The van der Waals surface area contributed by atoms with E-state index in [9.17, 15) is 0 Å². The largest absolute Gasteiger partial charge is 0.377 e. The van der Waals surface area contributed by atoms with Crippen molar-refractivity contribution in [3.05, 3.63) is 0 Å². The Hall–Kier alpha value is -0.120. The van der Waals surface area contributed by atoms with E-state index in [2.05, 4.69) is 44.8 Å². The van der Waals surface area contributed by atoms with Gasteiger partial charge >= 0.3 is 0 Å². The van der Waals surface area contributed by atoms with Crippen molar-refractivity contribution in [2.24, 2.45) is 5.41 Å². The summed E-state index contributed by atoms with van der Waals surface area (Å²) in [5.74, 6) is 0. The van der Waals surface area contributed by atoms with E-state index in [1.165, 1.54) is 25.9 Å². The Morgan fingerprint density at radius 1 is 1.37 bits per heavy atom. The molecule has 1 aliphatic rings. The minimum absolute atomic E-state index is 0.330. The SMILES string of the molecule is CCCOC1CCCN(CC(C)(C)CNC(C)C)C1. The highest BCUT2D eigenvalue weighted by molar-refractivity contribution is 4.81. The zero-order valence-electron chi connectivity index (χ0n) is 13.7. The van der Waals surface area contributed by atoms with Crippen LogP contribution in [0.2, 0.25) is 0 Å². The van der Waals surface area contributed by atoms with Crippen LogP contribution in [0, 0.1) is 5.41 Å². The standard InChI is InChI=1S/C16H34N2O/c1-6-10-19-15-8-7-9-18(11-15)13-16(4,5)12-17-14(2)3/h14-15,17H,6-13H2,1-5H3. The fourth-order valence-corrected chi connectivity index (χ4v) is 2.72. The lowest BCUT2D eigenvalue weighted by molar-refractivity contribution is -0.00898. The van der Waals surface area contributed by atoms with Crippen LogP contribution >= 0.6 is 0 Å². The Bertz CT molecular complexity index is 241. The first kappa shape index (κ1) is 16.9. The number of nitrogens with zero attached hydrogens (tertiary/aromatic N) is 1. The van der Waals surface area contributed by atoms with Crippen LogP contribution in [-0.4, -0.2) is 49.8 Å². The van der Waals surface area contributed by atoms with Crippen LogP contribution in [0.1, 0.15) is 53.9 Å². The zero-order chi connectivity index (χ0) is 14.3. The monoisotopic (exact) mass is 270 g/mol. The van der Waals surface area contributed by atoms with Crippen LogP contribution in [0.3, 0.4) is 0 Å². The van der Waals surface area contributed by atoms with Gasteiger partial charge in [-0.1, -0.05) is 34.6 Å². The van der Waals surface area contributed by atoms with E-state index in [1.807, 2.05) is 0 Å². The summed E-state index contributed by atoms with van der Waals surface area (Å²) in [6.07, 6.45) is 4.10. The predicted molar refractivity (Wildman–Crippen MR) is 82.6 cm³/mol. The van der Waals surface area contributed by atoms with Gasteiger partial charge in [0.05, 0.1) is 6.10 Å². The Morgan fingerprint density at radius 2 is 2.11 bits per heavy atom. The molecule has 1 saturated heterocycles. The molecule has 19 heavy (non-hydrogen) atoms. The van der Waals surface area contributed by atoms with Gasteiger partial charge in [0, 0.05) is 32.3 Å². The third-order valence-electron chi connectivity index (χ3n) is 3.66. The van der Waals surface area contributed by atoms with Crippen LogP contribution in [0.4, 0.5) is 0 Å². The van der Waals surface area contributed by atoms with Gasteiger partial charge in [0.15, 0.2) is 0 Å². The van der Waals surface area contributed by atoms with Crippen molar-refractivity contribution in [2.75, 3.05) is 32.8 Å². The third kappa shape index (κ3) is 7.28. The number of nitrogens with one attached hydrogen (secondary N) is 1. The number of rotatable bonds is 8. The summed E-state index contributed by atoms with van der Waals surface area (Å²) in [4.78, 5) is 2.59. The van der Waals surface area contributed by atoms with E-state index in [4.69, 9.17) is 4.74 Å². The van der Waals surface area contributed by atoms with Gasteiger partial charge in [-0.2, -0.15) is 0 Å². The molecule has 3 heteroatoms.